The fourth-order valence-corrected chi connectivity index (χ4v) is 4.88. The molecule has 1 atom stereocenters. The van der Waals surface area contributed by atoms with Crippen LogP contribution in [0.5, 0.6) is 0 Å². The Morgan fingerprint density at radius 1 is 1.11 bits per heavy atom. The third kappa shape index (κ3) is 3.02. The predicted octanol–water partition coefficient (Wildman–Crippen LogP) is 2.63. The number of nitrogens with zero attached hydrogens (tertiary/aromatic N) is 2. The average molecular weight is 384 g/mol. The van der Waals surface area contributed by atoms with E-state index < -0.39 is 10.0 Å². The number of rotatable bonds is 5. The molecule has 7 heteroatoms. The molecule has 1 unspecified atom stereocenters. The molecular weight excluding hydrogens is 364 g/mol. The SMILES string of the molecule is COC(=O)C1CCN1Cc1cccc2c1ccn2S(=O)(=O)c1ccccc1. The number of carbonyl (C=O) groups excluding carboxylic acids is 1. The Balaban J connectivity index is 1.70. The lowest BCUT2D eigenvalue weighted by atomic mass is 10.0. The van der Waals surface area contributed by atoms with Gasteiger partial charge in [-0.15, -0.1) is 0 Å². The summed E-state index contributed by atoms with van der Waals surface area (Å²) in [4.78, 5) is 14.1. The van der Waals surface area contributed by atoms with Crippen molar-refractivity contribution in [3.63, 3.8) is 0 Å². The van der Waals surface area contributed by atoms with Gasteiger partial charge in [0.1, 0.15) is 6.04 Å². The molecule has 0 saturated carbocycles. The molecule has 0 bridgehead atoms. The molecule has 0 radical (unpaired) electrons. The fourth-order valence-electron chi connectivity index (χ4n) is 3.51. The molecule has 1 fully saturated rings. The second-order valence-corrected chi connectivity index (χ2v) is 8.39. The minimum Gasteiger partial charge on any atom is -0.468 e. The maximum atomic E-state index is 13.0. The fraction of sp³-hybridized carbons (Fsp3) is 0.250. The van der Waals surface area contributed by atoms with E-state index in [4.69, 9.17) is 4.74 Å². The van der Waals surface area contributed by atoms with Crippen molar-refractivity contribution in [2.45, 2.75) is 23.9 Å². The third-order valence-electron chi connectivity index (χ3n) is 5.06. The molecule has 0 aliphatic carbocycles. The Kier molecular flexibility index (Phi) is 4.49. The van der Waals surface area contributed by atoms with E-state index >= 15 is 0 Å². The van der Waals surface area contributed by atoms with Crippen molar-refractivity contribution in [1.82, 2.24) is 8.87 Å². The van der Waals surface area contributed by atoms with Crippen LogP contribution in [0.3, 0.4) is 0 Å². The number of ether oxygens (including phenoxy) is 1. The summed E-state index contributed by atoms with van der Waals surface area (Å²) in [6.07, 6.45) is 2.37. The molecule has 4 rings (SSSR count). The largest absolute Gasteiger partial charge is 0.468 e. The molecule has 1 saturated heterocycles. The van der Waals surface area contributed by atoms with E-state index in [9.17, 15) is 13.2 Å². The predicted molar refractivity (Wildman–Crippen MR) is 102 cm³/mol. The highest BCUT2D eigenvalue weighted by molar-refractivity contribution is 7.90. The number of hydrogen-bond acceptors (Lipinski definition) is 5. The zero-order valence-corrected chi connectivity index (χ0v) is 15.7. The molecule has 0 N–H and O–H groups in total. The van der Waals surface area contributed by atoms with Crippen LogP contribution < -0.4 is 0 Å². The van der Waals surface area contributed by atoms with Crippen LogP contribution in [0.25, 0.3) is 10.9 Å². The van der Waals surface area contributed by atoms with Crippen molar-refractivity contribution in [3.05, 3.63) is 66.4 Å². The summed E-state index contributed by atoms with van der Waals surface area (Å²) in [6, 6.07) is 15.6. The zero-order chi connectivity index (χ0) is 19.0. The van der Waals surface area contributed by atoms with E-state index in [0.717, 1.165) is 23.9 Å². The second-order valence-electron chi connectivity index (χ2n) is 6.58. The van der Waals surface area contributed by atoms with Crippen molar-refractivity contribution >= 4 is 26.9 Å². The Bertz CT molecular complexity index is 1090. The van der Waals surface area contributed by atoms with Crippen LogP contribution in [0.15, 0.2) is 65.7 Å². The summed E-state index contributed by atoms with van der Waals surface area (Å²) in [5.74, 6) is -0.224. The third-order valence-corrected chi connectivity index (χ3v) is 6.77. The van der Waals surface area contributed by atoms with Crippen LogP contribution in [-0.4, -0.2) is 43.0 Å². The van der Waals surface area contributed by atoms with Crippen LogP contribution in [0, 0.1) is 0 Å². The monoisotopic (exact) mass is 384 g/mol. The quantitative estimate of drug-likeness (QED) is 0.633. The van der Waals surface area contributed by atoms with E-state index in [-0.39, 0.29) is 16.9 Å². The molecule has 0 spiro atoms. The highest BCUT2D eigenvalue weighted by Crippen LogP contribution is 2.28. The first kappa shape index (κ1) is 17.8. The van der Waals surface area contributed by atoms with Crippen molar-refractivity contribution in [2.24, 2.45) is 0 Å². The Morgan fingerprint density at radius 2 is 1.89 bits per heavy atom. The van der Waals surface area contributed by atoms with Gasteiger partial charge in [0, 0.05) is 24.7 Å². The van der Waals surface area contributed by atoms with E-state index in [1.54, 1.807) is 42.6 Å². The first-order valence-corrected chi connectivity index (χ1v) is 10.2. The van der Waals surface area contributed by atoms with Gasteiger partial charge in [0.05, 0.1) is 17.5 Å². The van der Waals surface area contributed by atoms with E-state index in [1.807, 2.05) is 23.1 Å². The van der Waals surface area contributed by atoms with E-state index in [1.165, 1.54) is 11.1 Å². The van der Waals surface area contributed by atoms with Gasteiger partial charge in [-0.25, -0.2) is 12.4 Å². The summed E-state index contributed by atoms with van der Waals surface area (Å²) >= 11 is 0. The summed E-state index contributed by atoms with van der Waals surface area (Å²) in [5, 5.41) is 0.868. The lowest BCUT2D eigenvalue weighted by Gasteiger charge is -2.38. The zero-order valence-electron chi connectivity index (χ0n) is 14.9. The van der Waals surface area contributed by atoms with Gasteiger partial charge >= 0.3 is 5.97 Å². The molecule has 2 aromatic carbocycles. The smallest absolute Gasteiger partial charge is 0.323 e. The summed E-state index contributed by atoms with van der Waals surface area (Å²) in [5.41, 5.74) is 1.62. The maximum absolute atomic E-state index is 13.0. The first-order chi connectivity index (χ1) is 13.0. The number of carbonyl (C=O) groups is 1. The van der Waals surface area contributed by atoms with Gasteiger partial charge in [-0.05, 0) is 36.2 Å². The van der Waals surface area contributed by atoms with Crippen LogP contribution in [0.4, 0.5) is 0 Å². The number of likely N-dealkylation sites (tertiary alicyclic amines) is 1. The van der Waals surface area contributed by atoms with Gasteiger partial charge < -0.3 is 4.74 Å². The molecule has 6 nitrogen and oxygen atoms in total. The minimum absolute atomic E-state index is 0.222. The Morgan fingerprint density at radius 3 is 2.56 bits per heavy atom. The van der Waals surface area contributed by atoms with Gasteiger partial charge in [-0.1, -0.05) is 30.3 Å². The molecular formula is C20H20N2O4S. The van der Waals surface area contributed by atoms with Crippen LogP contribution >= 0.6 is 0 Å². The normalized spacial score (nSPS) is 17.6. The standard InChI is InChI=1S/C20H20N2O4S/c1-26-20(23)19-11-12-21(19)14-15-6-5-9-18-17(15)10-13-22(18)27(24,25)16-7-3-2-4-8-16/h2-10,13,19H,11-12,14H2,1H3. The summed E-state index contributed by atoms with van der Waals surface area (Å²) in [7, 11) is -2.26. The van der Waals surface area contributed by atoms with Gasteiger partial charge in [0.15, 0.2) is 0 Å². The number of benzene rings is 2. The Labute approximate surface area is 158 Å². The number of esters is 1. The van der Waals surface area contributed by atoms with Crippen molar-refractivity contribution in [2.75, 3.05) is 13.7 Å². The molecule has 2 heterocycles. The maximum Gasteiger partial charge on any atom is 0.323 e. The van der Waals surface area contributed by atoms with E-state index in [0.29, 0.717) is 12.1 Å². The molecule has 1 aliphatic rings. The molecule has 1 aliphatic heterocycles. The van der Waals surface area contributed by atoms with E-state index in [2.05, 4.69) is 0 Å². The molecule has 140 valence electrons. The molecule has 3 aromatic rings. The average Bonchev–Trinajstić information content (AvgIpc) is 3.11. The Hall–Kier alpha value is -2.64. The first-order valence-electron chi connectivity index (χ1n) is 8.74. The summed E-state index contributed by atoms with van der Waals surface area (Å²) in [6.45, 7) is 1.39. The lowest BCUT2D eigenvalue weighted by molar-refractivity contribution is -0.152. The molecule has 1 aromatic heterocycles. The van der Waals surface area contributed by atoms with Crippen molar-refractivity contribution in [1.29, 1.82) is 0 Å². The lowest BCUT2D eigenvalue weighted by Crippen LogP contribution is -2.52. The van der Waals surface area contributed by atoms with Crippen LogP contribution in [0.1, 0.15) is 12.0 Å². The highest BCUT2D eigenvalue weighted by atomic mass is 32.2. The number of aromatic nitrogens is 1. The second kappa shape index (κ2) is 6.83. The van der Waals surface area contributed by atoms with Gasteiger partial charge in [0.2, 0.25) is 0 Å². The number of fused-ring (bicyclic) bond motifs is 1. The van der Waals surface area contributed by atoms with Crippen LogP contribution in [0.2, 0.25) is 0 Å². The highest BCUT2D eigenvalue weighted by Gasteiger charge is 2.35. The number of methoxy groups -OCH3 is 1. The van der Waals surface area contributed by atoms with Crippen LogP contribution in [-0.2, 0) is 26.1 Å². The van der Waals surface area contributed by atoms with Gasteiger partial charge in [-0.3, -0.25) is 9.69 Å². The van der Waals surface area contributed by atoms with Crippen molar-refractivity contribution < 1.29 is 17.9 Å². The topological polar surface area (TPSA) is 68.6 Å². The molecule has 27 heavy (non-hydrogen) atoms. The summed E-state index contributed by atoms with van der Waals surface area (Å²) < 4.78 is 32.1. The minimum atomic E-state index is -3.66. The van der Waals surface area contributed by atoms with Gasteiger partial charge in [-0.2, -0.15) is 0 Å². The number of hydrogen-bond donors (Lipinski definition) is 0. The van der Waals surface area contributed by atoms with Gasteiger partial charge in [0.25, 0.3) is 10.0 Å². The van der Waals surface area contributed by atoms with Crippen molar-refractivity contribution in [3.8, 4) is 0 Å². The molecule has 0 amide bonds.